The Balaban J connectivity index is 1.28. The number of imide groups is 1. The average Bonchev–Trinajstić information content (AvgIpc) is 3.32. The minimum Gasteiger partial charge on any atom is -0.333 e. The normalized spacial score (nSPS) is 27.0. The molecule has 0 spiro atoms. The van der Waals surface area contributed by atoms with Crippen molar-refractivity contribution in [1.29, 1.82) is 0 Å². The molecule has 0 bridgehead atoms. The number of hydrogen-bond donors (Lipinski definition) is 0. The number of amides is 3. The first kappa shape index (κ1) is 19.7. The molecule has 1 saturated carbocycles. The van der Waals surface area contributed by atoms with Crippen LogP contribution < -0.4 is 0 Å². The van der Waals surface area contributed by atoms with Gasteiger partial charge in [0, 0.05) is 19.5 Å². The van der Waals surface area contributed by atoms with Gasteiger partial charge in [0.25, 0.3) is 0 Å². The number of carbonyl (C=O) groups excluding carboxylic acids is 3. The molecule has 30 heavy (non-hydrogen) atoms. The molecule has 0 radical (unpaired) electrons. The summed E-state index contributed by atoms with van der Waals surface area (Å²) in [5, 5.41) is 0.989. The molecule has 3 heterocycles. The highest BCUT2D eigenvalue weighted by Crippen LogP contribution is 2.39. The van der Waals surface area contributed by atoms with Gasteiger partial charge in [-0.15, -0.1) is 11.3 Å². The van der Waals surface area contributed by atoms with Gasteiger partial charge in [0.1, 0.15) is 5.01 Å². The first-order valence-corrected chi connectivity index (χ1v) is 12.0. The Labute approximate surface area is 180 Å². The molecule has 1 aromatic heterocycles. The molecule has 7 heteroatoms. The number of para-hydroxylation sites is 1. The van der Waals surface area contributed by atoms with Gasteiger partial charge in [-0.25, -0.2) is 4.98 Å². The van der Waals surface area contributed by atoms with Crippen LogP contribution in [0.2, 0.25) is 0 Å². The van der Waals surface area contributed by atoms with Crippen LogP contribution in [0, 0.1) is 11.8 Å². The van der Waals surface area contributed by atoms with E-state index < -0.39 is 0 Å². The molecule has 0 N–H and O–H groups in total. The summed E-state index contributed by atoms with van der Waals surface area (Å²) in [4.78, 5) is 46.6. The Kier molecular flexibility index (Phi) is 5.31. The largest absolute Gasteiger partial charge is 0.333 e. The Morgan fingerprint density at radius 2 is 1.70 bits per heavy atom. The van der Waals surface area contributed by atoms with Crippen LogP contribution in [0.3, 0.4) is 0 Å². The quantitative estimate of drug-likeness (QED) is 0.696. The summed E-state index contributed by atoms with van der Waals surface area (Å²) in [5.41, 5.74) is 0.978. The number of nitrogens with zero attached hydrogens (tertiary/aromatic N) is 3. The van der Waals surface area contributed by atoms with Gasteiger partial charge in [-0.1, -0.05) is 25.0 Å². The number of rotatable bonds is 4. The standard InChI is InChI=1S/C23H27N3O3S/c27-20(12-14-26-22(28)15-7-1-2-8-16(15)23(26)29)25-13-6-5-10-18(25)21-24-17-9-3-4-11-19(17)30-21/h3-4,9,11,15-16,18H,1-2,5-8,10,12-14H2/t15-,16+,18-/m1/s1. The van der Waals surface area contributed by atoms with Crippen LogP contribution in [0.4, 0.5) is 0 Å². The number of benzene rings is 1. The van der Waals surface area contributed by atoms with E-state index in [9.17, 15) is 14.4 Å². The van der Waals surface area contributed by atoms with Crippen LogP contribution >= 0.6 is 11.3 Å². The molecule has 2 saturated heterocycles. The van der Waals surface area contributed by atoms with E-state index in [1.165, 1.54) is 4.90 Å². The molecular formula is C23H27N3O3S. The molecule has 5 rings (SSSR count). The fourth-order valence-electron chi connectivity index (χ4n) is 5.32. The molecule has 158 valence electrons. The van der Waals surface area contributed by atoms with Crippen LogP contribution in [-0.2, 0) is 14.4 Å². The van der Waals surface area contributed by atoms with E-state index in [0.717, 1.165) is 60.2 Å². The van der Waals surface area contributed by atoms with E-state index in [4.69, 9.17) is 4.98 Å². The Morgan fingerprint density at radius 3 is 2.43 bits per heavy atom. The van der Waals surface area contributed by atoms with Gasteiger partial charge < -0.3 is 4.90 Å². The maximum Gasteiger partial charge on any atom is 0.233 e. The lowest BCUT2D eigenvalue weighted by Gasteiger charge is -2.35. The molecule has 3 fully saturated rings. The molecule has 1 aliphatic carbocycles. The monoisotopic (exact) mass is 425 g/mol. The van der Waals surface area contributed by atoms with Crippen molar-refractivity contribution in [3.8, 4) is 0 Å². The summed E-state index contributed by atoms with van der Waals surface area (Å²) in [6, 6.07) is 8.06. The zero-order valence-electron chi connectivity index (χ0n) is 17.1. The zero-order chi connectivity index (χ0) is 20.7. The van der Waals surface area contributed by atoms with E-state index in [0.29, 0.717) is 6.54 Å². The lowest BCUT2D eigenvalue weighted by Crippen LogP contribution is -2.41. The second-order valence-electron chi connectivity index (χ2n) is 8.69. The topological polar surface area (TPSA) is 70.6 Å². The van der Waals surface area contributed by atoms with Crippen LogP contribution in [0.25, 0.3) is 10.2 Å². The summed E-state index contributed by atoms with van der Waals surface area (Å²) >= 11 is 1.66. The van der Waals surface area contributed by atoms with Crippen LogP contribution in [0.15, 0.2) is 24.3 Å². The Hall–Kier alpha value is -2.28. The number of piperidine rings is 1. The third-order valence-corrected chi connectivity index (χ3v) is 8.04. The third kappa shape index (κ3) is 3.43. The predicted molar refractivity (Wildman–Crippen MR) is 115 cm³/mol. The van der Waals surface area contributed by atoms with Crippen molar-refractivity contribution >= 4 is 39.3 Å². The van der Waals surface area contributed by atoms with E-state index in [-0.39, 0.29) is 48.6 Å². The molecule has 3 aliphatic rings. The molecular weight excluding hydrogens is 398 g/mol. The van der Waals surface area contributed by atoms with Crippen LogP contribution in [0.5, 0.6) is 0 Å². The molecule has 2 aliphatic heterocycles. The maximum atomic E-state index is 13.1. The van der Waals surface area contributed by atoms with E-state index in [2.05, 4.69) is 6.07 Å². The highest BCUT2D eigenvalue weighted by Gasteiger charge is 2.48. The van der Waals surface area contributed by atoms with Gasteiger partial charge in [-0.2, -0.15) is 0 Å². The van der Waals surface area contributed by atoms with Crippen molar-refractivity contribution in [2.45, 2.75) is 57.4 Å². The van der Waals surface area contributed by atoms with Crippen LogP contribution in [-0.4, -0.2) is 45.6 Å². The number of fused-ring (bicyclic) bond motifs is 2. The summed E-state index contributed by atoms with van der Waals surface area (Å²) in [7, 11) is 0. The van der Waals surface area contributed by atoms with E-state index in [1.807, 2.05) is 23.1 Å². The average molecular weight is 426 g/mol. The number of aromatic nitrogens is 1. The van der Waals surface area contributed by atoms with Crippen LogP contribution in [0.1, 0.15) is 62.4 Å². The van der Waals surface area contributed by atoms with E-state index in [1.54, 1.807) is 11.3 Å². The highest BCUT2D eigenvalue weighted by molar-refractivity contribution is 7.18. The van der Waals surface area contributed by atoms with Gasteiger partial charge in [-0.05, 0) is 44.2 Å². The summed E-state index contributed by atoms with van der Waals surface area (Å²) in [5.74, 6) is -0.383. The lowest BCUT2D eigenvalue weighted by molar-refractivity contribution is -0.141. The fourth-order valence-corrected chi connectivity index (χ4v) is 6.44. The second-order valence-corrected chi connectivity index (χ2v) is 9.76. The van der Waals surface area contributed by atoms with Crippen molar-refractivity contribution in [1.82, 2.24) is 14.8 Å². The highest BCUT2D eigenvalue weighted by atomic mass is 32.1. The number of carbonyl (C=O) groups is 3. The predicted octanol–water partition coefficient (Wildman–Crippen LogP) is 3.92. The first-order chi connectivity index (χ1) is 14.6. The lowest BCUT2D eigenvalue weighted by atomic mass is 9.81. The first-order valence-electron chi connectivity index (χ1n) is 11.1. The zero-order valence-corrected chi connectivity index (χ0v) is 17.9. The molecule has 3 amide bonds. The van der Waals surface area contributed by atoms with Gasteiger partial charge in [0.15, 0.2) is 0 Å². The minimum absolute atomic E-state index is 0.00351. The van der Waals surface area contributed by atoms with E-state index >= 15 is 0 Å². The smallest absolute Gasteiger partial charge is 0.233 e. The minimum atomic E-state index is -0.146. The molecule has 0 unspecified atom stereocenters. The van der Waals surface area contributed by atoms with Gasteiger partial charge in [-0.3, -0.25) is 19.3 Å². The SMILES string of the molecule is O=C1[C@H]2CCCC[C@H]2C(=O)N1CCC(=O)N1CCCC[C@@H]1c1nc2ccccc2s1. The Morgan fingerprint density at radius 1 is 1.00 bits per heavy atom. The van der Waals surface area contributed by atoms with Crippen molar-refractivity contribution in [3.63, 3.8) is 0 Å². The maximum absolute atomic E-state index is 13.1. The molecule has 1 aromatic carbocycles. The molecule has 2 aromatic rings. The van der Waals surface area contributed by atoms with Crippen molar-refractivity contribution in [2.75, 3.05) is 13.1 Å². The fraction of sp³-hybridized carbons (Fsp3) is 0.565. The number of thiazole rings is 1. The number of hydrogen-bond acceptors (Lipinski definition) is 5. The van der Waals surface area contributed by atoms with Gasteiger partial charge in [0.2, 0.25) is 17.7 Å². The third-order valence-electron chi connectivity index (χ3n) is 6.90. The summed E-state index contributed by atoms with van der Waals surface area (Å²) in [6.45, 7) is 0.930. The van der Waals surface area contributed by atoms with Crippen molar-refractivity contribution in [2.24, 2.45) is 11.8 Å². The second kappa shape index (κ2) is 8.10. The number of likely N-dealkylation sites (tertiary alicyclic amines) is 2. The van der Waals surface area contributed by atoms with Crippen molar-refractivity contribution in [3.05, 3.63) is 29.3 Å². The van der Waals surface area contributed by atoms with Gasteiger partial charge >= 0.3 is 0 Å². The molecule has 6 nitrogen and oxygen atoms in total. The molecule has 3 atom stereocenters. The van der Waals surface area contributed by atoms with Crippen molar-refractivity contribution < 1.29 is 14.4 Å². The van der Waals surface area contributed by atoms with Gasteiger partial charge in [0.05, 0.1) is 28.1 Å². The summed E-state index contributed by atoms with van der Waals surface area (Å²) in [6.07, 6.45) is 6.84. The Bertz CT molecular complexity index is 930. The summed E-state index contributed by atoms with van der Waals surface area (Å²) < 4.78 is 1.14.